The van der Waals surface area contributed by atoms with E-state index in [0.717, 1.165) is 0 Å². The number of hydrogen-bond acceptors (Lipinski definition) is 3. The summed E-state index contributed by atoms with van der Waals surface area (Å²) >= 11 is 0. The number of hydrogen-bond donors (Lipinski definition) is 0. The molecule has 0 aliphatic rings. The Bertz CT molecular complexity index is 179. The van der Waals surface area contributed by atoms with Gasteiger partial charge >= 0.3 is 5.88 Å². The largest absolute Gasteiger partial charge is 0.441 e. The van der Waals surface area contributed by atoms with E-state index < -0.39 is 4.92 Å². The molecule has 0 unspecified atom stereocenters. The molecule has 4 heteroatoms. The van der Waals surface area contributed by atoms with Crippen molar-refractivity contribution in [2.45, 2.75) is 0 Å². The Balaban J connectivity index is 2.93. The maximum absolute atomic E-state index is 9.74. The Labute approximate surface area is 44.9 Å². The Morgan fingerprint density at radius 1 is 1.88 bits per heavy atom. The van der Waals surface area contributed by atoms with Crippen LogP contribution in [0.3, 0.4) is 0 Å². The van der Waals surface area contributed by atoms with Gasteiger partial charge in [0, 0.05) is 0 Å². The molecule has 0 spiro atoms. The van der Waals surface area contributed by atoms with Crippen LogP contribution in [0.4, 0.5) is 5.88 Å². The Morgan fingerprint density at radius 2 is 2.62 bits per heavy atom. The van der Waals surface area contributed by atoms with Crippen molar-refractivity contribution in [1.82, 2.24) is 0 Å². The van der Waals surface area contributed by atoms with Gasteiger partial charge in [0.2, 0.25) is 0 Å². The van der Waals surface area contributed by atoms with E-state index in [1.807, 2.05) is 0 Å². The van der Waals surface area contributed by atoms with Crippen LogP contribution in [0, 0.1) is 16.2 Å². The van der Waals surface area contributed by atoms with Crippen molar-refractivity contribution in [1.29, 1.82) is 0 Å². The van der Waals surface area contributed by atoms with E-state index in [-0.39, 0.29) is 5.88 Å². The van der Waals surface area contributed by atoms with Crippen LogP contribution in [-0.2, 0) is 0 Å². The van der Waals surface area contributed by atoms with Gasteiger partial charge in [-0.25, -0.2) is 0 Å². The normalized spacial score (nSPS) is 9.00. The van der Waals surface area contributed by atoms with Crippen LogP contribution in [0.5, 0.6) is 0 Å². The first-order valence-electron chi connectivity index (χ1n) is 1.90. The molecule has 41 valence electrons. The molecule has 0 fully saturated rings. The minimum atomic E-state index is -0.639. The summed E-state index contributed by atoms with van der Waals surface area (Å²) in [4.78, 5) is 9.10. The molecule has 0 saturated heterocycles. The van der Waals surface area contributed by atoms with Crippen molar-refractivity contribution >= 4 is 5.88 Å². The molecule has 0 bridgehead atoms. The zero-order valence-corrected chi connectivity index (χ0v) is 3.83. The lowest BCUT2D eigenvalue weighted by molar-refractivity contribution is -0.402. The number of nitro groups is 1. The van der Waals surface area contributed by atoms with Gasteiger partial charge in [0.05, 0.1) is 6.26 Å². The molecule has 1 radical (unpaired) electrons. The monoisotopic (exact) mass is 112 g/mol. The van der Waals surface area contributed by atoms with Crippen LogP contribution < -0.4 is 0 Å². The first-order chi connectivity index (χ1) is 3.80. The summed E-state index contributed by atoms with van der Waals surface area (Å²) in [6.45, 7) is 0. The van der Waals surface area contributed by atoms with Crippen LogP contribution in [0.25, 0.3) is 0 Å². The molecule has 0 amide bonds. The first kappa shape index (κ1) is 4.83. The van der Waals surface area contributed by atoms with Crippen LogP contribution in [-0.4, -0.2) is 4.92 Å². The molecule has 1 rings (SSSR count). The molecule has 0 aliphatic heterocycles. The molecule has 1 aromatic heterocycles. The standard InChI is InChI=1S/C4H2NO3/c6-5(7)4-2-1-3-8-4/h1,3H. The third-order valence-corrected chi connectivity index (χ3v) is 0.620. The highest BCUT2D eigenvalue weighted by molar-refractivity contribution is 5.08. The molecule has 4 nitrogen and oxygen atoms in total. The van der Waals surface area contributed by atoms with E-state index in [1.54, 1.807) is 0 Å². The molecule has 1 aromatic rings. The molecule has 0 saturated carbocycles. The molecule has 0 aromatic carbocycles. The van der Waals surface area contributed by atoms with Crippen molar-refractivity contribution in [3.8, 4) is 0 Å². The summed E-state index contributed by atoms with van der Waals surface area (Å²) in [5, 5.41) is 9.74. The van der Waals surface area contributed by atoms with Crippen molar-refractivity contribution < 1.29 is 9.34 Å². The predicted octanol–water partition coefficient (Wildman–Crippen LogP) is 0.988. The summed E-state index contributed by atoms with van der Waals surface area (Å²) < 4.78 is 4.34. The van der Waals surface area contributed by atoms with E-state index in [1.165, 1.54) is 12.3 Å². The van der Waals surface area contributed by atoms with Gasteiger partial charge in [0.1, 0.15) is 11.0 Å². The van der Waals surface area contributed by atoms with Gasteiger partial charge in [-0.1, -0.05) is 0 Å². The zero-order chi connectivity index (χ0) is 5.98. The topological polar surface area (TPSA) is 56.3 Å². The Hall–Kier alpha value is -1.32. The third-order valence-electron chi connectivity index (χ3n) is 0.620. The highest BCUT2D eigenvalue weighted by atomic mass is 16.6. The molecule has 0 aliphatic carbocycles. The minimum Gasteiger partial charge on any atom is -0.409 e. The van der Waals surface area contributed by atoms with Gasteiger partial charge in [-0.15, -0.1) is 0 Å². The number of nitrogens with zero attached hydrogens (tertiary/aromatic N) is 1. The van der Waals surface area contributed by atoms with Crippen molar-refractivity contribution in [3.05, 3.63) is 28.5 Å². The smallest absolute Gasteiger partial charge is 0.409 e. The highest BCUT2D eigenvalue weighted by Gasteiger charge is 2.05. The summed E-state index contributed by atoms with van der Waals surface area (Å²) in [5.74, 6) is -0.343. The molecule has 0 atom stereocenters. The fourth-order valence-corrected chi connectivity index (χ4v) is 0.334. The summed E-state index contributed by atoms with van der Waals surface area (Å²) in [5.41, 5.74) is 0. The van der Waals surface area contributed by atoms with Crippen molar-refractivity contribution in [3.63, 3.8) is 0 Å². The average molecular weight is 112 g/mol. The van der Waals surface area contributed by atoms with Crippen molar-refractivity contribution in [2.24, 2.45) is 0 Å². The van der Waals surface area contributed by atoms with Gasteiger partial charge in [-0.2, -0.15) is 0 Å². The quantitative estimate of drug-likeness (QED) is 0.402. The fourth-order valence-electron chi connectivity index (χ4n) is 0.334. The number of rotatable bonds is 1. The van der Waals surface area contributed by atoms with E-state index in [4.69, 9.17) is 0 Å². The van der Waals surface area contributed by atoms with Gasteiger partial charge in [-0.05, 0) is 6.07 Å². The van der Waals surface area contributed by atoms with Crippen LogP contribution in [0.1, 0.15) is 0 Å². The van der Waals surface area contributed by atoms with Crippen LogP contribution in [0.2, 0.25) is 0 Å². The van der Waals surface area contributed by atoms with E-state index in [0.29, 0.717) is 0 Å². The maximum Gasteiger partial charge on any atom is 0.441 e. The SMILES string of the molecule is O=[N+]([O-])c1[c]cco1. The lowest BCUT2D eigenvalue weighted by Crippen LogP contribution is -1.82. The lowest BCUT2D eigenvalue weighted by atomic mass is 10.6. The Morgan fingerprint density at radius 3 is 2.88 bits per heavy atom. The second-order valence-corrected chi connectivity index (χ2v) is 1.13. The minimum absolute atomic E-state index is 0.343. The number of furan rings is 1. The zero-order valence-electron chi connectivity index (χ0n) is 3.83. The average Bonchev–Trinajstić information content (AvgIpc) is 2.12. The Kier molecular flexibility index (Phi) is 0.997. The molecule has 1 heterocycles. The van der Waals surface area contributed by atoms with Gasteiger partial charge in [-0.3, -0.25) is 10.1 Å². The summed E-state index contributed by atoms with van der Waals surface area (Å²) in [6.07, 6.45) is 1.21. The second kappa shape index (κ2) is 1.65. The fraction of sp³-hybridized carbons (Fsp3) is 0. The van der Waals surface area contributed by atoms with Crippen LogP contribution >= 0.6 is 0 Å². The highest BCUT2D eigenvalue weighted by Crippen LogP contribution is 2.07. The van der Waals surface area contributed by atoms with Crippen LogP contribution in [0.15, 0.2) is 16.7 Å². The summed E-state index contributed by atoms with van der Waals surface area (Å²) in [7, 11) is 0. The second-order valence-electron chi connectivity index (χ2n) is 1.13. The van der Waals surface area contributed by atoms with Gasteiger partial charge in [0.15, 0.2) is 0 Å². The van der Waals surface area contributed by atoms with Gasteiger partial charge in [0.25, 0.3) is 0 Å². The lowest BCUT2D eigenvalue weighted by Gasteiger charge is -1.76. The summed E-state index contributed by atoms with van der Waals surface area (Å²) in [6, 6.07) is 3.62. The van der Waals surface area contributed by atoms with Gasteiger partial charge < -0.3 is 4.42 Å². The first-order valence-corrected chi connectivity index (χ1v) is 1.90. The van der Waals surface area contributed by atoms with E-state index in [2.05, 4.69) is 10.5 Å². The predicted molar refractivity (Wildman–Crippen MR) is 24.2 cm³/mol. The third kappa shape index (κ3) is 0.676. The molecular formula is C4H2NO3. The molecule has 8 heavy (non-hydrogen) atoms. The van der Waals surface area contributed by atoms with E-state index >= 15 is 0 Å². The van der Waals surface area contributed by atoms with Crippen molar-refractivity contribution in [2.75, 3.05) is 0 Å². The molecular weight excluding hydrogens is 110 g/mol. The van der Waals surface area contributed by atoms with E-state index in [9.17, 15) is 10.1 Å². The maximum atomic E-state index is 9.74. The molecule has 0 N–H and O–H groups in total.